The zero-order valence-electron chi connectivity index (χ0n) is 65.9. The molecular weight excluding hydrogens is 1410 g/mol. The monoisotopic (exact) mass is 1500 g/mol. The first-order valence-corrected chi connectivity index (χ1v) is 43.2. The summed E-state index contributed by atoms with van der Waals surface area (Å²) in [6, 6.07) is 143. The van der Waals surface area contributed by atoms with Crippen molar-refractivity contribution in [2.45, 2.75) is 75.0 Å². The number of para-hydroxylation sites is 2. The van der Waals surface area contributed by atoms with E-state index >= 15 is 0 Å². The lowest BCUT2D eigenvalue weighted by molar-refractivity contribution is -0.0399. The van der Waals surface area contributed by atoms with Crippen LogP contribution in [0.3, 0.4) is 0 Å². The quantitative estimate of drug-likeness (QED) is 0.121. The molecule has 0 saturated heterocycles. The Labute approximate surface area is 686 Å². The van der Waals surface area contributed by atoms with Gasteiger partial charge in [-0.05, 0) is 313 Å². The predicted molar refractivity (Wildman–Crippen MR) is 488 cm³/mol. The molecule has 1 heterocycles. The second-order valence-corrected chi connectivity index (χ2v) is 35.5. The van der Waals surface area contributed by atoms with Gasteiger partial charge in [-0.2, -0.15) is 0 Å². The Kier molecular flexibility index (Phi) is 16.1. The fourth-order valence-electron chi connectivity index (χ4n) is 25.3. The van der Waals surface area contributed by atoms with Crippen molar-refractivity contribution in [1.29, 1.82) is 0 Å². The molecule has 10 aliphatic rings. The molecule has 2 spiro atoms. The van der Waals surface area contributed by atoms with Crippen molar-refractivity contribution in [2.75, 3.05) is 9.80 Å². The summed E-state index contributed by atoms with van der Waals surface area (Å²) in [5.74, 6) is 6.73. The number of aromatic nitrogens is 1. The number of rotatable bonds is 12. The van der Waals surface area contributed by atoms with Crippen LogP contribution in [0, 0.1) is 47.3 Å². The predicted octanol–water partition coefficient (Wildman–Crippen LogP) is 30.3. The summed E-state index contributed by atoms with van der Waals surface area (Å²) in [6.45, 7) is 0. The number of anilines is 6. The highest BCUT2D eigenvalue weighted by atomic mass is 15.2. The van der Waals surface area contributed by atoms with Gasteiger partial charge in [0.05, 0.1) is 11.0 Å². The summed E-state index contributed by atoms with van der Waals surface area (Å²) < 4.78 is 2.43. The maximum absolute atomic E-state index is 2.55. The van der Waals surface area contributed by atoms with Crippen LogP contribution in [0.15, 0.2) is 382 Å². The second kappa shape index (κ2) is 27.4. The molecule has 0 amide bonds. The minimum atomic E-state index is 0.150. The van der Waals surface area contributed by atoms with Crippen molar-refractivity contribution in [1.82, 2.24) is 4.57 Å². The molecule has 3 heteroatoms. The van der Waals surface area contributed by atoms with E-state index in [0.717, 1.165) is 75.8 Å². The van der Waals surface area contributed by atoms with E-state index in [4.69, 9.17) is 0 Å². The van der Waals surface area contributed by atoms with Crippen LogP contribution in [-0.2, 0) is 10.8 Å². The molecular formula is C114H91N3. The van der Waals surface area contributed by atoms with Crippen LogP contribution in [0.1, 0.15) is 86.5 Å². The molecule has 8 fully saturated rings. The van der Waals surface area contributed by atoms with E-state index in [9.17, 15) is 0 Å². The summed E-state index contributed by atoms with van der Waals surface area (Å²) in [7, 11) is 0. The average Bonchev–Trinajstić information content (AvgIpc) is 1.55. The molecule has 1 aromatic heterocycles. The van der Waals surface area contributed by atoms with Crippen LogP contribution in [-0.4, -0.2) is 4.57 Å². The van der Waals surface area contributed by atoms with Crippen LogP contribution in [0.4, 0.5) is 34.1 Å². The third-order valence-corrected chi connectivity index (χ3v) is 29.6. The highest BCUT2D eigenvalue weighted by Crippen LogP contribution is 2.72. The van der Waals surface area contributed by atoms with Crippen molar-refractivity contribution >= 4 is 66.7 Å². The SMILES string of the molecule is c1ccc(-c2ccc(-c3ccc(N(c4ccc(-c5cccc6ccccc56)cc4)c4ccc5c(c4)-c4ccccc4C54C5CC6CC(C5)CC4C6)cc3)cc2)cc1.c1ccc(-c2ccc(-c3ccc(N(c4cccc(-n5c6ccccc6c6ccccc65)c4)c4ccc5c(c4)-c4ccccc4C54C5CC6CC(C5)CC4C6)cc3)cc2)cc1. The largest absolute Gasteiger partial charge is 0.310 e. The molecule has 0 radical (unpaired) electrons. The minimum absolute atomic E-state index is 0.150. The van der Waals surface area contributed by atoms with Crippen molar-refractivity contribution in [3.8, 4) is 83.6 Å². The lowest BCUT2D eigenvalue weighted by Crippen LogP contribution is -2.55. The highest BCUT2D eigenvalue weighted by molar-refractivity contribution is 6.09. The molecule has 0 atom stereocenters. The first-order valence-electron chi connectivity index (χ1n) is 43.2. The first kappa shape index (κ1) is 68.6. The van der Waals surface area contributed by atoms with E-state index in [1.807, 2.05) is 0 Å². The Morgan fingerprint density at radius 2 is 0.513 bits per heavy atom. The molecule has 27 rings (SSSR count). The van der Waals surface area contributed by atoms with Gasteiger partial charge in [-0.3, -0.25) is 0 Å². The molecule has 10 aliphatic carbocycles. The molecule has 8 saturated carbocycles. The maximum atomic E-state index is 2.55. The van der Waals surface area contributed by atoms with Crippen LogP contribution in [0.2, 0.25) is 0 Å². The van der Waals surface area contributed by atoms with Crippen LogP contribution >= 0.6 is 0 Å². The lowest BCUT2D eigenvalue weighted by Gasteiger charge is -2.61. The molecule has 3 nitrogen and oxygen atoms in total. The topological polar surface area (TPSA) is 11.4 Å². The summed E-state index contributed by atoms with van der Waals surface area (Å²) in [4.78, 5) is 4.96. The van der Waals surface area contributed by atoms with Gasteiger partial charge in [-0.1, -0.05) is 291 Å². The van der Waals surface area contributed by atoms with Gasteiger partial charge in [0.15, 0.2) is 0 Å². The van der Waals surface area contributed by atoms with Gasteiger partial charge in [-0.25, -0.2) is 0 Å². The van der Waals surface area contributed by atoms with Crippen LogP contribution < -0.4 is 9.80 Å². The van der Waals surface area contributed by atoms with E-state index in [-0.39, 0.29) is 10.8 Å². The Bertz CT molecular complexity index is 6570. The normalized spacial score (nSPS) is 22.3. The second-order valence-electron chi connectivity index (χ2n) is 35.5. The van der Waals surface area contributed by atoms with Gasteiger partial charge < -0.3 is 14.4 Å². The van der Waals surface area contributed by atoms with E-state index in [0.29, 0.717) is 0 Å². The van der Waals surface area contributed by atoms with Gasteiger partial charge in [0.1, 0.15) is 0 Å². The summed E-state index contributed by atoms with van der Waals surface area (Å²) in [5, 5.41) is 5.11. The summed E-state index contributed by atoms with van der Waals surface area (Å²) in [5.41, 5.74) is 35.5. The fraction of sp³-hybridized carbons (Fsp3) is 0.175. The highest BCUT2D eigenvalue weighted by Gasteiger charge is 2.63. The molecule has 562 valence electrons. The van der Waals surface area contributed by atoms with E-state index in [1.165, 1.54) is 186 Å². The smallest absolute Gasteiger partial charge is 0.0541 e. The zero-order chi connectivity index (χ0) is 76.9. The first-order chi connectivity index (χ1) is 57.9. The van der Waals surface area contributed by atoms with Gasteiger partial charge in [0.25, 0.3) is 0 Å². The zero-order valence-corrected chi connectivity index (χ0v) is 65.9. The number of fused-ring (bicyclic) bond motifs is 10. The molecule has 117 heavy (non-hydrogen) atoms. The third kappa shape index (κ3) is 11.0. The Hall–Kier alpha value is -12.8. The number of hydrogen-bond donors (Lipinski definition) is 0. The summed E-state index contributed by atoms with van der Waals surface area (Å²) >= 11 is 0. The summed E-state index contributed by atoms with van der Waals surface area (Å²) in [6.07, 6.45) is 14.1. The molecule has 0 N–H and O–H groups in total. The molecule has 17 aromatic rings. The Balaban J connectivity index is 0.000000134. The van der Waals surface area contributed by atoms with Gasteiger partial charge >= 0.3 is 0 Å². The number of hydrogen-bond acceptors (Lipinski definition) is 2. The Morgan fingerprint density at radius 1 is 0.205 bits per heavy atom. The molecule has 0 aliphatic heterocycles. The standard InChI is InChI=1S/C58H46N2.C56H45N/c1-2-11-40(12-3-1)41-21-23-42(24-22-41)43-25-27-46(28-26-43)59(47-13-10-14-48(36-47)60-56-19-8-5-16-51(56)52-17-6-9-20-57(52)60)49-29-30-55-53(37-49)50-15-4-7-18-54(50)58(55)44-32-38-31-39(34-44)35-45(58)33-38;1-2-9-39(10-3-1)40-17-19-41(20-18-40)42-21-25-47(26-22-42)57(48-27-23-44(24-28-48)51-15-8-12-43-11-4-5-13-50(43)51)49-29-30-55-53(36-49)52-14-6-7-16-54(52)56(55)45-32-37-31-38(34-45)35-46(56)33-37/h1-30,36-39,44-45H,31-35H2;1-30,36-38,45-46H,31-35H2. The average molecular weight is 1500 g/mol. The van der Waals surface area contributed by atoms with Crippen LogP contribution in [0.5, 0.6) is 0 Å². The molecule has 0 unspecified atom stereocenters. The fourth-order valence-corrected chi connectivity index (χ4v) is 25.3. The van der Waals surface area contributed by atoms with Crippen molar-refractivity contribution in [3.05, 3.63) is 404 Å². The number of nitrogens with zero attached hydrogens (tertiary/aromatic N) is 3. The van der Waals surface area contributed by atoms with Crippen molar-refractivity contribution < 1.29 is 0 Å². The van der Waals surface area contributed by atoms with Gasteiger partial charge in [0, 0.05) is 61.4 Å². The third-order valence-electron chi connectivity index (χ3n) is 29.6. The van der Waals surface area contributed by atoms with Crippen LogP contribution in [0.25, 0.3) is 116 Å². The molecule has 8 bridgehead atoms. The van der Waals surface area contributed by atoms with E-state index in [2.05, 4.69) is 397 Å². The lowest BCUT2D eigenvalue weighted by atomic mass is 9.43. The molecule has 16 aromatic carbocycles. The van der Waals surface area contributed by atoms with Crippen molar-refractivity contribution in [3.63, 3.8) is 0 Å². The number of benzene rings is 16. The van der Waals surface area contributed by atoms with E-state index < -0.39 is 0 Å². The van der Waals surface area contributed by atoms with E-state index in [1.54, 1.807) is 22.3 Å². The maximum Gasteiger partial charge on any atom is 0.0541 e. The Morgan fingerprint density at radius 3 is 0.957 bits per heavy atom. The van der Waals surface area contributed by atoms with Gasteiger partial charge in [-0.15, -0.1) is 0 Å². The minimum Gasteiger partial charge on any atom is -0.310 e. The van der Waals surface area contributed by atoms with Gasteiger partial charge in [0.2, 0.25) is 0 Å². The van der Waals surface area contributed by atoms with Crippen molar-refractivity contribution in [2.24, 2.45) is 47.3 Å².